The number of aromatic nitrogens is 4. The Morgan fingerprint density at radius 3 is 2.79 bits per heavy atom. The summed E-state index contributed by atoms with van der Waals surface area (Å²) in [5.41, 5.74) is 9.17. The minimum Gasteiger partial charge on any atom is -0.369 e. The van der Waals surface area contributed by atoms with Crippen LogP contribution in [0, 0.1) is 5.92 Å². The molecule has 1 aliphatic heterocycles. The highest BCUT2D eigenvalue weighted by atomic mass is 32.1. The van der Waals surface area contributed by atoms with Gasteiger partial charge in [-0.05, 0) is 37.0 Å². The average molecular weight is 463 g/mol. The lowest BCUT2D eigenvalue weighted by molar-refractivity contribution is -0.121. The number of imidazole rings is 1. The van der Waals surface area contributed by atoms with Crippen molar-refractivity contribution < 1.29 is 4.79 Å². The number of nitrogens with one attached hydrogen (secondary N) is 1. The lowest BCUT2D eigenvalue weighted by atomic mass is 9.95. The van der Waals surface area contributed by atoms with E-state index in [2.05, 4.69) is 37.6 Å². The molecule has 0 radical (unpaired) electrons. The predicted octanol–water partition coefficient (Wildman–Crippen LogP) is 3.82. The van der Waals surface area contributed by atoms with Crippen LogP contribution in [-0.4, -0.2) is 38.5 Å². The van der Waals surface area contributed by atoms with Crippen LogP contribution in [-0.2, 0) is 4.79 Å². The maximum Gasteiger partial charge on any atom is 0.261 e. The van der Waals surface area contributed by atoms with Gasteiger partial charge < -0.3 is 20.2 Å². The van der Waals surface area contributed by atoms with Gasteiger partial charge in [0.05, 0.1) is 40.0 Å². The lowest BCUT2D eigenvalue weighted by Crippen LogP contribution is -2.27. The fourth-order valence-corrected chi connectivity index (χ4v) is 6.66. The van der Waals surface area contributed by atoms with Crippen molar-refractivity contribution >= 4 is 44.2 Å². The number of rotatable bonds is 4. The Balaban J connectivity index is 1.43. The molecule has 1 amide bonds. The number of hydrogen-bond acceptors (Lipinski definition) is 6. The van der Waals surface area contributed by atoms with Gasteiger partial charge in [-0.25, -0.2) is 9.97 Å². The Labute approximate surface area is 194 Å². The summed E-state index contributed by atoms with van der Waals surface area (Å²) in [6, 6.07) is 6.88. The Hall–Kier alpha value is -3.20. The van der Waals surface area contributed by atoms with Crippen molar-refractivity contribution in [2.75, 3.05) is 18.0 Å². The molecule has 0 spiro atoms. The van der Waals surface area contributed by atoms with Crippen LogP contribution >= 0.6 is 11.3 Å². The van der Waals surface area contributed by atoms with Gasteiger partial charge in [0.2, 0.25) is 5.91 Å². The highest BCUT2D eigenvalue weighted by Crippen LogP contribution is 2.43. The zero-order chi connectivity index (χ0) is 22.5. The Morgan fingerprint density at radius 2 is 2.00 bits per heavy atom. The number of benzene rings is 1. The molecule has 1 saturated carbocycles. The van der Waals surface area contributed by atoms with Crippen molar-refractivity contribution in [1.29, 1.82) is 0 Å². The summed E-state index contributed by atoms with van der Waals surface area (Å²) in [6.07, 6.45) is 10.4. The molecule has 1 saturated heterocycles. The number of amides is 1. The third-order valence-corrected chi connectivity index (χ3v) is 8.45. The summed E-state index contributed by atoms with van der Waals surface area (Å²) in [6.45, 7) is 1.23. The van der Waals surface area contributed by atoms with E-state index in [1.54, 1.807) is 11.3 Å². The van der Waals surface area contributed by atoms with E-state index in [1.807, 2.05) is 6.33 Å². The van der Waals surface area contributed by atoms with Gasteiger partial charge in [-0.2, -0.15) is 0 Å². The number of nitrogens with zero attached hydrogens (tertiary/aromatic N) is 4. The third-order valence-electron chi connectivity index (χ3n) is 7.16. The van der Waals surface area contributed by atoms with Gasteiger partial charge in [0.1, 0.15) is 10.4 Å². The summed E-state index contributed by atoms with van der Waals surface area (Å²) in [7, 11) is 0. The zero-order valence-corrected chi connectivity index (χ0v) is 19.1. The van der Waals surface area contributed by atoms with Gasteiger partial charge in [0.15, 0.2) is 0 Å². The van der Waals surface area contributed by atoms with Gasteiger partial charge in [-0.3, -0.25) is 9.59 Å². The molecule has 6 rings (SSSR count). The molecule has 33 heavy (non-hydrogen) atoms. The molecule has 9 heteroatoms. The van der Waals surface area contributed by atoms with Crippen LogP contribution in [0.1, 0.15) is 44.6 Å². The molecular weight excluding hydrogens is 436 g/mol. The van der Waals surface area contributed by atoms with Crippen molar-refractivity contribution in [2.45, 2.75) is 44.6 Å². The van der Waals surface area contributed by atoms with E-state index in [4.69, 9.17) is 10.7 Å². The largest absolute Gasteiger partial charge is 0.369 e. The summed E-state index contributed by atoms with van der Waals surface area (Å²) >= 11 is 1.55. The molecule has 4 aromatic rings. The minimum atomic E-state index is -0.287. The topological polar surface area (TPSA) is 110 Å². The predicted molar refractivity (Wildman–Crippen MR) is 131 cm³/mol. The maximum atomic E-state index is 12.8. The quantitative estimate of drug-likeness (QED) is 0.479. The molecule has 1 aromatic carbocycles. The van der Waals surface area contributed by atoms with Crippen LogP contribution in [0.25, 0.3) is 32.4 Å². The van der Waals surface area contributed by atoms with Crippen molar-refractivity contribution in [3.05, 3.63) is 41.2 Å². The molecule has 4 heterocycles. The van der Waals surface area contributed by atoms with Crippen molar-refractivity contribution in [1.82, 2.24) is 19.5 Å². The van der Waals surface area contributed by atoms with Crippen LogP contribution in [0.4, 0.5) is 5.00 Å². The fourth-order valence-electron chi connectivity index (χ4n) is 5.38. The van der Waals surface area contributed by atoms with Crippen molar-refractivity contribution in [3.8, 4) is 10.4 Å². The molecule has 170 valence electrons. The number of hydrogen-bond donors (Lipinski definition) is 2. The Kier molecular flexibility index (Phi) is 4.94. The van der Waals surface area contributed by atoms with E-state index in [0.717, 1.165) is 26.5 Å². The second-order valence-electron chi connectivity index (χ2n) is 9.17. The monoisotopic (exact) mass is 462 g/mol. The molecule has 2 fully saturated rings. The van der Waals surface area contributed by atoms with E-state index in [1.165, 1.54) is 38.4 Å². The molecular formula is C24H26N6O2S. The number of carbonyl (C=O) groups is 1. The maximum absolute atomic E-state index is 12.8. The van der Waals surface area contributed by atoms with Crippen LogP contribution in [0.2, 0.25) is 0 Å². The number of primary amides is 1. The first kappa shape index (κ1) is 20.4. The molecule has 8 nitrogen and oxygen atoms in total. The first-order valence-electron chi connectivity index (χ1n) is 11.6. The number of carbonyl (C=O) groups excluding carboxylic acids is 1. The molecule has 1 unspecified atom stereocenters. The van der Waals surface area contributed by atoms with Crippen molar-refractivity contribution in [3.63, 3.8) is 0 Å². The number of nitrogens with two attached hydrogens (primary N) is 1. The average Bonchev–Trinajstić information content (AvgIpc) is 3.56. The second kappa shape index (κ2) is 7.98. The highest BCUT2D eigenvalue weighted by Gasteiger charge is 2.30. The minimum absolute atomic E-state index is 0.164. The van der Waals surface area contributed by atoms with Crippen LogP contribution < -0.4 is 16.2 Å². The van der Waals surface area contributed by atoms with Crippen molar-refractivity contribution in [2.24, 2.45) is 11.7 Å². The first-order valence-corrected chi connectivity index (χ1v) is 12.4. The number of fused-ring (bicyclic) bond motifs is 2. The number of H-pyrrole nitrogens is 1. The number of anilines is 1. The lowest BCUT2D eigenvalue weighted by Gasteiger charge is -2.23. The van der Waals surface area contributed by atoms with E-state index in [-0.39, 0.29) is 17.4 Å². The van der Waals surface area contributed by atoms with Crippen LogP contribution in [0.15, 0.2) is 35.6 Å². The van der Waals surface area contributed by atoms with E-state index < -0.39 is 0 Å². The second-order valence-corrected chi connectivity index (χ2v) is 10.2. The number of aromatic amines is 1. The first-order chi connectivity index (χ1) is 16.1. The van der Waals surface area contributed by atoms with Gasteiger partial charge >= 0.3 is 0 Å². The Morgan fingerprint density at radius 1 is 1.15 bits per heavy atom. The molecule has 3 aromatic heterocycles. The number of thiophene rings is 1. The fraction of sp³-hybridized carbons (Fsp3) is 0.417. The van der Waals surface area contributed by atoms with E-state index in [9.17, 15) is 9.59 Å². The van der Waals surface area contributed by atoms with Gasteiger partial charge in [-0.1, -0.05) is 25.3 Å². The smallest absolute Gasteiger partial charge is 0.261 e. The molecule has 2 aliphatic rings. The van der Waals surface area contributed by atoms with E-state index in [0.29, 0.717) is 36.5 Å². The molecule has 0 bridgehead atoms. The van der Waals surface area contributed by atoms with Gasteiger partial charge in [0.25, 0.3) is 5.56 Å². The molecule has 1 aliphatic carbocycles. The summed E-state index contributed by atoms with van der Waals surface area (Å²) in [4.78, 5) is 39.5. The molecule has 1 atom stereocenters. The zero-order valence-electron chi connectivity index (χ0n) is 18.3. The summed E-state index contributed by atoms with van der Waals surface area (Å²) in [5, 5.41) is 1.43. The van der Waals surface area contributed by atoms with E-state index >= 15 is 0 Å². The summed E-state index contributed by atoms with van der Waals surface area (Å²) < 4.78 is 2.33. The SMILES string of the molecule is NC(=O)C1CCN(c2sc(-c3ccc4c(c3)ncn4C3CCCCC3)c3nc[nH]c(=O)c23)C1. The van der Waals surface area contributed by atoms with Gasteiger partial charge in [0, 0.05) is 19.1 Å². The summed E-state index contributed by atoms with van der Waals surface area (Å²) in [5.74, 6) is -0.480. The molecule has 3 N–H and O–H groups in total. The third kappa shape index (κ3) is 3.42. The van der Waals surface area contributed by atoms with Gasteiger partial charge in [-0.15, -0.1) is 11.3 Å². The van der Waals surface area contributed by atoms with Crippen LogP contribution in [0.3, 0.4) is 0 Å². The highest BCUT2D eigenvalue weighted by molar-refractivity contribution is 7.21. The standard InChI is InChI=1S/C24H26N6O2S/c25-22(31)15-8-9-29(11-15)24-19-20(26-12-27-23(19)32)21(33-24)14-6-7-18-17(10-14)28-13-30(18)16-4-2-1-3-5-16/h6-7,10,12-13,15-16H,1-5,8-9,11H2,(H2,25,31)(H,26,27,32). The Bertz CT molecular complexity index is 1410. The normalized spacial score (nSPS) is 19.6. The van der Waals surface area contributed by atoms with Crippen LogP contribution in [0.5, 0.6) is 0 Å².